The molecule has 0 aliphatic heterocycles. The van der Waals surface area contributed by atoms with Gasteiger partial charge in [0.05, 0.1) is 12.0 Å². The second-order valence-electron chi connectivity index (χ2n) is 5.42. The molecule has 0 aromatic rings. The maximum absolute atomic E-state index is 11.4. The van der Waals surface area contributed by atoms with Gasteiger partial charge in [0.25, 0.3) is 0 Å². The number of aliphatic carboxylic acids is 1. The molecule has 0 fully saturated rings. The van der Waals surface area contributed by atoms with Gasteiger partial charge in [0, 0.05) is 13.1 Å². The van der Waals surface area contributed by atoms with Gasteiger partial charge >= 0.3 is 12.0 Å². The van der Waals surface area contributed by atoms with Crippen LogP contribution in [-0.4, -0.2) is 42.6 Å². The quantitative estimate of drug-likeness (QED) is 0.530. The molecule has 0 aliphatic carbocycles. The molecule has 0 saturated carbocycles. The first-order valence-corrected chi connectivity index (χ1v) is 6.17. The van der Waals surface area contributed by atoms with Crippen LogP contribution < -0.4 is 16.0 Å². The van der Waals surface area contributed by atoms with E-state index in [1.165, 1.54) is 13.8 Å². The number of urea groups is 1. The molecule has 0 aromatic heterocycles. The third-order valence-corrected chi connectivity index (χ3v) is 2.39. The minimum Gasteiger partial charge on any atom is -0.481 e. The summed E-state index contributed by atoms with van der Waals surface area (Å²) in [7, 11) is 0. The summed E-state index contributed by atoms with van der Waals surface area (Å²) < 4.78 is 0. The van der Waals surface area contributed by atoms with Crippen molar-refractivity contribution >= 4 is 17.9 Å². The molecule has 7 nitrogen and oxygen atoms in total. The fourth-order valence-corrected chi connectivity index (χ4v) is 0.980. The number of carboxylic acid groups (broad SMARTS) is 1. The Morgan fingerprint density at radius 2 is 1.68 bits per heavy atom. The molecule has 0 aromatic carbocycles. The highest BCUT2D eigenvalue weighted by molar-refractivity contribution is 5.84. The number of carbonyl (C=O) groups excluding carboxylic acids is 2. The van der Waals surface area contributed by atoms with Gasteiger partial charge in [0.2, 0.25) is 5.91 Å². The Bertz CT molecular complexity index is 340. The third-order valence-electron chi connectivity index (χ3n) is 2.39. The molecule has 0 unspecified atom stereocenters. The maximum atomic E-state index is 11.4. The summed E-state index contributed by atoms with van der Waals surface area (Å²) in [5, 5.41) is 16.3. The van der Waals surface area contributed by atoms with Crippen molar-refractivity contribution in [2.24, 2.45) is 11.3 Å². The van der Waals surface area contributed by atoms with Crippen LogP contribution in [0.15, 0.2) is 0 Å². The number of nitrogens with one attached hydrogen (secondary N) is 3. The van der Waals surface area contributed by atoms with E-state index in [9.17, 15) is 14.4 Å². The van der Waals surface area contributed by atoms with E-state index in [-0.39, 0.29) is 19.0 Å². The van der Waals surface area contributed by atoms with Crippen molar-refractivity contribution in [3.8, 4) is 0 Å². The summed E-state index contributed by atoms with van der Waals surface area (Å²) in [6, 6.07) is -0.561. The molecular weight excluding hydrogens is 250 g/mol. The van der Waals surface area contributed by atoms with Crippen LogP contribution in [0.5, 0.6) is 0 Å². The number of hydrogen-bond acceptors (Lipinski definition) is 3. The van der Waals surface area contributed by atoms with Crippen molar-refractivity contribution in [1.29, 1.82) is 0 Å². The molecule has 0 rings (SSSR count). The lowest BCUT2D eigenvalue weighted by Gasteiger charge is -2.19. The van der Waals surface area contributed by atoms with Gasteiger partial charge in [-0.15, -0.1) is 0 Å². The van der Waals surface area contributed by atoms with Crippen LogP contribution in [0.3, 0.4) is 0 Å². The molecular formula is C12H23N3O4. The Labute approximate surface area is 113 Å². The van der Waals surface area contributed by atoms with Crippen molar-refractivity contribution in [2.75, 3.05) is 19.6 Å². The van der Waals surface area contributed by atoms with E-state index in [1.807, 2.05) is 13.8 Å². The summed E-state index contributed by atoms with van der Waals surface area (Å²) in [5.74, 6) is -0.932. The fraction of sp³-hybridized carbons (Fsp3) is 0.750. The summed E-state index contributed by atoms with van der Waals surface area (Å²) in [6.07, 6.45) is 0. The van der Waals surface area contributed by atoms with Crippen LogP contribution in [0.2, 0.25) is 0 Å². The standard InChI is InChI=1S/C12H23N3O4/c1-8(2)5-13-9(16)6-14-11(19)15-7-12(3,4)10(17)18/h8H,5-7H2,1-4H3,(H,13,16)(H,17,18)(H2,14,15,19). The first-order chi connectivity index (χ1) is 8.65. The zero-order valence-corrected chi connectivity index (χ0v) is 11.9. The molecule has 0 spiro atoms. The zero-order chi connectivity index (χ0) is 15.1. The minimum atomic E-state index is -1.04. The van der Waals surface area contributed by atoms with E-state index in [4.69, 9.17) is 5.11 Å². The van der Waals surface area contributed by atoms with Crippen LogP contribution in [0.1, 0.15) is 27.7 Å². The monoisotopic (exact) mass is 273 g/mol. The van der Waals surface area contributed by atoms with Crippen molar-refractivity contribution < 1.29 is 19.5 Å². The second-order valence-corrected chi connectivity index (χ2v) is 5.42. The van der Waals surface area contributed by atoms with Gasteiger partial charge < -0.3 is 21.1 Å². The largest absolute Gasteiger partial charge is 0.481 e. The SMILES string of the molecule is CC(C)CNC(=O)CNC(=O)NCC(C)(C)C(=O)O. The average Bonchev–Trinajstić information content (AvgIpc) is 2.31. The van der Waals surface area contributed by atoms with Crippen molar-refractivity contribution in [3.05, 3.63) is 0 Å². The van der Waals surface area contributed by atoms with Gasteiger partial charge in [0.15, 0.2) is 0 Å². The van der Waals surface area contributed by atoms with Gasteiger partial charge in [-0.3, -0.25) is 9.59 Å². The van der Waals surface area contributed by atoms with Gasteiger partial charge in [-0.1, -0.05) is 13.8 Å². The highest BCUT2D eigenvalue weighted by Gasteiger charge is 2.27. The van der Waals surface area contributed by atoms with Gasteiger partial charge in [-0.05, 0) is 19.8 Å². The van der Waals surface area contributed by atoms with E-state index in [0.29, 0.717) is 12.5 Å². The smallest absolute Gasteiger partial charge is 0.315 e. The molecule has 4 N–H and O–H groups in total. The van der Waals surface area contributed by atoms with Crippen LogP contribution in [0.4, 0.5) is 4.79 Å². The van der Waals surface area contributed by atoms with Crippen molar-refractivity contribution in [1.82, 2.24) is 16.0 Å². The normalized spacial score (nSPS) is 11.0. The van der Waals surface area contributed by atoms with Crippen molar-refractivity contribution in [2.45, 2.75) is 27.7 Å². The van der Waals surface area contributed by atoms with E-state index < -0.39 is 17.4 Å². The molecule has 0 heterocycles. The van der Waals surface area contributed by atoms with Gasteiger partial charge in [-0.25, -0.2) is 4.79 Å². The Kier molecular flexibility index (Phi) is 6.89. The summed E-state index contributed by atoms with van der Waals surface area (Å²) >= 11 is 0. The minimum absolute atomic E-state index is 0.0121. The molecule has 0 bridgehead atoms. The Morgan fingerprint density at radius 3 is 2.16 bits per heavy atom. The topological polar surface area (TPSA) is 108 Å². The van der Waals surface area contributed by atoms with Gasteiger partial charge in [-0.2, -0.15) is 0 Å². The van der Waals surface area contributed by atoms with Crippen molar-refractivity contribution in [3.63, 3.8) is 0 Å². The molecule has 0 radical (unpaired) electrons. The lowest BCUT2D eigenvalue weighted by molar-refractivity contribution is -0.146. The third kappa shape index (κ3) is 8.01. The number of rotatable bonds is 7. The predicted octanol–water partition coefficient (Wildman–Crippen LogP) is 0.169. The lowest BCUT2D eigenvalue weighted by atomic mass is 9.94. The van der Waals surface area contributed by atoms with E-state index >= 15 is 0 Å². The highest BCUT2D eigenvalue weighted by Crippen LogP contribution is 2.12. The van der Waals surface area contributed by atoms with E-state index in [0.717, 1.165) is 0 Å². The average molecular weight is 273 g/mol. The summed E-state index contributed by atoms with van der Waals surface area (Å²) in [5.41, 5.74) is -1.04. The van der Waals surface area contributed by atoms with E-state index in [1.54, 1.807) is 0 Å². The number of carboxylic acids is 1. The zero-order valence-electron chi connectivity index (χ0n) is 11.9. The molecule has 0 saturated heterocycles. The number of amides is 3. The highest BCUT2D eigenvalue weighted by atomic mass is 16.4. The lowest BCUT2D eigenvalue weighted by Crippen LogP contribution is -2.46. The maximum Gasteiger partial charge on any atom is 0.315 e. The Balaban J connectivity index is 3.88. The van der Waals surface area contributed by atoms with Crippen LogP contribution >= 0.6 is 0 Å². The van der Waals surface area contributed by atoms with Crippen LogP contribution in [0, 0.1) is 11.3 Å². The first-order valence-electron chi connectivity index (χ1n) is 6.17. The molecule has 19 heavy (non-hydrogen) atoms. The fourth-order valence-electron chi connectivity index (χ4n) is 0.980. The molecule has 110 valence electrons. The molecule has 3 amide bonds. The molecule has 0 atom stereocenters. The van der Waals surface area contributed by atoms with E-state index in [2.05, 4.69) is 16.0 Å². The van der Waals surface area contributed by atoms with Crippen LogP contribution in [0.25, 0.3) is 0 Å². The predicted molar refractivity (Wildman–Crippen MR) is 70.7 cm³/mol. The van der Waals surface area contributed by atoms with Crippen LogP contribution in [-0.2, 0) is 9.59 Å². The summed E-state index contributed by atoms with van der Waals surface area (Å²) in [6.45, 7) is 7.35. The Hall–Kier alpha value is -1.79. The Morgan fingerprint density at radius 1 is 1.11 bits per heavy atom. The van der Waals surface area contributed by atoms with Gasteiger partial charge in [0.1, 0.15) is 0 Å². The number of hydrogen-bond donors (Lipinski definition) is 4. The second kappa shape index (κ2) is 7.60. The summed E-state index contributed by atoms with van der Waals surface area (Å²) in [4.78, 5) is 33.5. The molecule has 7 heteroatoms. The molecule has 0 aliphatic rings. The first kappa shape index (κ1) is 17.2. The number of carbonyl (C=O) groups is 3.